The number of rotatable bonds is 7. The van der Waals surface area contributed by atoms with Crippen molar-refractivity contribution in [2.45, 2.75) is 13.5 Å². The van der Waals surface area contributed by atoms with Gasteiger partial charge in [-0.1, -0.05) is 25.1 Å². The Morgan fingerprint density at radius 2 is 2.13 bits per heavy atom. The fourth-order valence-corrected chi connectivity index (χ4v) is 1.94. The summed E-state index contributed by atoms with van der Waals surface area (Å²) in [5.41, 5.74) is 1.22. The van der Waals surface area contributed by atoms with Crippen molar-refractivity contribution in [3.8, 4) is 5.75 Å². The molecule has 0 spiro atoms. The predicted octanol–water partition coefficient (Wildman–Crippen LogP) is 2.54. The van der Waals surface area contributed by atoms with E-state index < -0.39 is 0 Å². The van der Waals surface area contributed by atoms with Gasteiger partial charge in [-0.15, -0.1) is 0 Å². The van der Waals surface area contributed by atoms with Crippen molar-refractivity contribution in [1.29, 1.82) is 0 Å². The quantitative estimate of drug-likeness (QED) is 0.721. The highest BCUT2D eigenvalue weighted by Gasteiger charge is 1.99. The maximum Gasteiger partial charge on any atom is 0.123 e. The Hall–Kier alpha value is -0.670. The standard InChI is InChI=1S/C12H19NOS/c1-3-15-9-8-13-10-11-6-4-5-7-12(11)14-2/h4-7,13H,3,8-10H2,1-2H3. The van der Waals surface area contributed by atoms with Crippen LogP contribution in [0.3, 0.4) is 0 Å². The van der Waals surface area contributed by atoms with Gasteiger partial charge in [-0.2, -0.15) is 11.8 Å². The Bertz CT molecular complexity index is 278. The Morgan fingerprint density at radius 3 is 2.87 bits per heavy atom. The molecule has 0 aromatic heterocycles. The smallest absolute Gasteiger partial charge is 0.123 e. The van der Waals surface area contributed by atoms with Crippen LogP contribution in [-0.2, 0) is 6.54 Å². The average molecular weight is 225 g/mol. The van der Waals surface area contributed by atoms with Crippen molar-refractivity contribution in [3.63, 3.8) is 0 Å². The van der Waals surface area contributed by atoms with Crippen LogP contribution in [0.5, 0.6) is 5.75 Å². The van der Waals surface area contributed by atoms with E-state index in [9.17, 15) is 0 Å². The van der Waals surface area contributed by atoms with Gasteiger partial charge in [0.25, 0.3) is 0 Å². The van der Waals surface area contributed by atoms with Crippen molar-refractivity contribution in [2.75, 3.05) is 25.2 Å². The lowest BCUT2D eigenvalue weighted by atomic mass is 10.2. The molecule has 0 fully saturated rings. The second-order valence-electron chi connectivity index (χ2n) is 3.19. The van der Waals surface area contributed by atoms with Gasteiger partial charge in [0.2, 0.25) is 0 Å². The highest BCUT2D eigenvalue weighted by atomic mass is 32.2. The van der Waals surface area contributed by atoms with Crippen molar-refractivity contribution in [2.24, 2.45) is 0 Å². The number of para-hydroxylation sites is 1. The topological polar surface area (TPSA) is 21.3 Å². The van der Waals surface area contributed by atoms with Gasteiger partial charge in [0.05, 0.1) is 7.11 Å². The van der Waals surface area contributed by atoms with Crippen molar-refractivity contribution in [1.82, 2.24) is 5.32 Å². The van der Waals surface area contributed by atoms with E-state index in [1.807, 2.05) is 30.0 Å². The Labute approximate surface area is 96.4 Å². The molecule has 0 heterocycles. The molecule has 0 saturated heterocycles. The molecule has 0 unspecified atom stereocenters. The van der Waals surface area contributed by atoms with E-state index >= 15 is 0 Å². The number of hydrogen-bond acceptors (Lipinski definition) is 3. The summed E-state index contributed by atoms with van der Waals surface area (Å²) in [6, 6.07) is 8.13. The minimum Gasteiger partial charge on any atom is -0.496 e. The SMILES string of the molecule is CCSCCNCc1ccccc1OC. The molecule has 0 aliphatic rings. The molecule has 0 amide bonds. The van der Waals surface area contributed by atoms with Crippen LogP contribution in [0.4, 0.5) is 0 Å². The van der Waals surface area contributed by atoms with E-state index in [0.29, 0.717) is 0 Å². The molecular weight excluding hydrogens is 206 g/mol. The summed E-state index contributed by atoms with van der Waals surface area (Å²) in [6.07, 6.45) is 0. The van der Waals surface area contributed by atoms with Crippen LogP contribution in [0.1, 0.15) is 12.5 Å². The highest BCUT2D eigenvalue weighted by molar-refractivity contribution is 7.99. The molecule has 0 aliphatic heterocycles. The van der Waals surface area contributed by atoms with Gasteiger partial charge in [-0.05, 0) is 11.8 Å². The van der Waals surface area contributed by atoms with Gasteiger partial charge in [0.15, 0.2) is 0 Å². The van der Waals surface area contributed by atoms with Crippen LogP contribution < -0.4 is 10.1 Å². The lowest BCUT2D eigenvalue weighted by Gasteiger charge is -2.08. The third-order valence-corrected chi connectivity index (χ3v) is 3.04. The van der Waals surface area contributed by atoms with Crippen LogP contribution in [0.2, 0.25) is 0 Å². The minimum atomic E-state index is 0.883. The zero-order chi connectivity index (χ0) is 10.9. The lowest BCUT2D eigenvalue weighted by molar-refractivity contribution is 0.408. The van der Waals surface area contributed by atoms with Crippen LogP contribution in [0, 0.1) is 0 Å². The van der Waals surface area contributed by atoms with E-state index in [-0.39, 0.29) is 0 Å². The first-order valence-electron chi connectivity index (χ1n) is 5.28. The molecule has 1 aromatic carbocycles. The fraction of sp³-hybridized carbons (Fsp3) is 0.500. The summed E-state index contributed by atoms with van der Waals surface area (Å²) >= 11 is 1.96. The molecule has 15 heavy (non-hydrogen) atoms. The summed E-state index contributed by atoms with van der Waals surface area (Å²) in [5.74, 6) is 3.33. The average Bonchev–Trinajstić information content (AvgIpc) is 2.29. The third kappa shape index (κ3) is 4.58. The molecule has 0 saturated carbocycles. The fourth-order valence-electron chi connectivity index (χ4n) is 1.36. The second kappa shape index (κ2) is 7.60. The molecular formula is C12H19NOS. The van der Waals surface area contributed by atoms with Gasteiger partial charge in [0.1, 0.15) is 5.75 Å². The largest absolute Gasteiger partial charge is 0.496 e. The van der Waals surface area contributed by atoms with Gasteiger partial charge >= 0.3 is 0 Å². The van der Waals surface area contributed by atoms with Gasteiger partial charge in [0, 0.05) is 24.4 Å². The first-order valence-corrected chi connectivity index (χ1v) is 6.44. The van der Waals surface area contributed by atoms with E-state index in [1.165, 1.54) is 17.1 Å². The summed E-state index contributed by atoms with van der Waals surface area (Å²) in [6.45, 7) is 4.12. The number of benzene rings is 1. The second-order valence-corrected chi connectivity index (χ2v) is 4.58. The van der Waals surface area contributed by atoms with Gasteiger partial charge in [-0.3, -0.25) is 0 Å². The van der Waals surface area contributed by atoms with Crippen molar-refractivity contribution >= 4 is 11.8 Å². The number of nitrogens with one attached hydrogen (secondary N) is 1. The zero-order valence-electron chi connectivity index (χ0n) is 9.45. The van der Waals surface area contributed by atoms with Crippen molar-refractivity contribution in [3.05, 3.63) is 29.8 Å². The molecule has 0 radical (unpaired) electrons. The minimum absolute atomic E-state index is 0.883. The van der Waals surface area contributed by atoms with Crippen LogP contribution in [-0.4, -0.2) is 25.2 Å². The monoisotopic (exact) mass is 225 g/mol. The summed E-state index contributed by atoms with van der Waals surface area (Å²) < 4.78 is 5.28. The molecule has 0 atom stereocenters. The lowest BCUT2D eigenvalue weighted by Crippen LogP contribution is -2.17. The number of methoxy groups -OCH3 is 1. The normalized spacial score (nSPS) is 10.3. The van der Waals surface area contributed by atoms with Crippen molar-refractivity contribution < 1.29 is 4.74 Å². The first-order chi connectivity index (χ1) is 7.38. The molecule has 0 bridgehead atoms. The molecule has 0 aliphatic carbocycles. The van der Waals surface area contributed by atoms with Crippen LogP contribution in [0.25, 0.3) is 0 Å². The molecule has 1 rings (SSSR count). The molecule has 1 aromatic rings. The predicted molar refractivity (Wildman–Crippen MR) is 67.7 cm³/mol. The molecule has 1 N–H and O–H groups in total. The third-order valence-electron chi connectivity index (χ3n) is 2.14. The molecule has 84 valence electrons. The molecule has 3 heteroatoms. The number of hydrogen-bond donors (Lipinski definition) is 1. The van der Waals surface area contributed by atoms with E-state index in [0.717, 1.165) is 18.8 Å². The van der Waals surface area contributed by atoms with E-state index in [1.54, 1.807) is 7.11 Å². The Morgan fingerprint density at radius 1 is 1.33 bits per heavy atom. The maximum atomic E-state index is 5.28. The van der Waals surface area contributed by atoms with Gasteiger partial charge < -0.3 is 10.1 Å². The highest BCUT2D eigenvalue weighted by Crippen LogP contribution is 2.16. The number of ether oxygens (including phenoxy) is 1. The zero-order valence-corrected chi connectivity index (χ0v) is 10.3. The van der Waals surface area contributed by atoms with Gasteiger partial charge in [-0.25, -0.2) is 0 Å². The molecule has 2 nitrogen and oxygen atoms in total. The van der Waals surface area contributed by atoms with Crippen LogP contribution in [0.15, 0.2) is 24.3 Å². The van der Waals surface area contributed by atoms with E-state index in [4.69, 9.17) is 4.74 Å². The summed E-state index contributed by atoms with van der Waals surface area (Å²) in [7, 11) is 1.71. The Kier molecular flexibility index (Phi) is 6.28. The maximum absolute atomic E-state index is 5.28. The summed E-state index contributed by atoms with van der Waals surface area (Å²) in [4.78, 5) is 0. The van der Waals surface area contributed by atoms with E-state index in [2.05, 4.69) is 18.3 Å². The number of thioether (sulfide) groups is 1. The Balaban J connectivity index is 2.30. The van der Waals surface area contributed by atoms with Crippen LogP contribution >= 0.6 is 11.8 Å². The first kappa shape index (κ1) is 12.4. The summed E-state index contributed by atoms with van der Waals surface area (Å²) in [5, 5.41) is 3.41.